The summed E-state index contributed by atoms with van der Waals surface area (Å²) in [5, 5.41) is 5.49. The molecule has 1 N–H and O–H groups in total. The molecule has 2 aromatic heterocycles. The van der Waals surface area contributed by atoms with Crippen LogP contribution in [0.4, 0.5) is 0 Å². The smallest absolute Gasteiger partial charge is 0.281 e. The van der Waals surface area contributed by atoms with Crippen LogP contribution >= 0.6 is 11.3 Å². The zero-order chi connectivity index (χ0) is 16.9. The van der Waals surface area contributed by atoms with Crippen molar-refractivity contribution in [2.75, 3.05) is 0 Å². The van der Waals surface area contributed by atoms with Crippen molar-refractivity contribution < 1.29 is 4.79 Å². The van der Waals surface area contributed by atoms with E-state index in [0.717, 1.165) is 17.0 Å². The van der Waals surface area contributed by atoms with Gasteiger partial charge in [0.15, 0.2) is 5.01 Å². The molecule has 0 aliphatic carbocycles. The summed E-state index contributed by atoms with van der Waals surface area (Å²) >= 11 is 1.37. The lowest BCUT2D eigenvalue weighted by molar-refractivity contribution is 0.0941. The molecule has 122 valence electrons. The number of pyridine rings is 1. The molecule has 0 fully saturated rings. The van der Waals surface area contributed by atoms with E-state index in [1.54, 1.807) is 6.20 Å². The lowest BCUT2D eigenvalue weighted by atomic mass is 10.0. The second-order valence-corrected chi connectivity index (χ2v) is 6.66. The van der Waals surface area contributed by atoms with Crippen LogP contribution in [0.5, 0.6) is 0 Å². The molecule has 0 aliphatic heterocycles. The standard InChI is InChI=1S/C19H19N3OS/c1-13(2)16-12-24-19(21-16)18(23)22-17(14-8-4-3-5-9-14)15-10-6-7-11-20-15/h3-13,17H,1-2H3,(H,22,23)/t17-/m1/s1. The van der Waals surface area contributed by atoms with Crippen LogP contribution in [0.2, 0.25) is 0 Å². The largest absolute Gasteiger partial charge is 0.337 e. The fourth-order valence-corrected chi connectivity index (χ4v) is 3.25. The van der Waals surface area contributed by atoms with Crippen molar-refractivity contribution in [3.05, 3.63) is 82.1 Å². The van der Waals surface area contributed by atoms with E-state index in [9.17, 15) is 4.79 Å². The maximum atomic E-state index is 12.6. The van der Waals surface area contributed by atoms with Crippen LogP contribution in [0.25, 0.3) is 0 Å². The zero-order valence-electron chi connectivity index (χ0n) is 13.6. The Morgan fingerprint density at radius 3 is 2.42 bits per heavy atom. The van der Waals surface area contributed by atoms with Crippen LogP contribution in [0.1, 0.15) is 52.6 Å². The van der Waals surface area contributed by atoms with E-state index >= 15 is 0 Å². The van der Waals surface area contributed by atoms with Gasteiger partial charge >= 0.3 is 0 Å². The van der Waals surface area contributed by atoms with Crippen molar-refractivity contribution in [2.45, 2.75) is 25.8 Å². The first-order valence-electron chi connectivity index (χ1n) is 7.87. The normalized spacial score (nSPS) is 12.1. The Morgan fingerprint density at radius 1 is 1.04 bits per heavy atom. The summed E-state index contributed by atoms with van der Waals surface area (Å²) in [4.78, 5) is 21.5. The molecular formula is C19H19N3OS. The summed E-state index contributed by atoms with van der Waals surface area (Å²) in [6, 6.07) is 15.2. The van der Waals surface area contributed by atoms with Crippen LogP contribution in [-0.4, -0.2) is 15.9 Å². The lowest BCUT2D eigenvalue weighted by Gasteiger charge is -2.18. The van der Waals surface area contributed by atoms with Gasteiger partial charge in [-0.1, -0.05) is 50.2 Å². The zero-order valence-corrected chi connectivity index (χ0v) is 14.5. The second kappa shape index (κ2) is 7.36. The molecule has 0 unspecified atom stereocenters. The highest BCUT2D eigenvalue weighted by atomic mass is 32.1. The van der Waals surface area contributed by atoms with Crippen molar-refractivity contribution in [1.82, 2.24) is 15.3 Å². The number of aromatic nitrogens is 2. The number of nitrogens with one attached hydrogen (secondary N) is 1. The number of carbonyl (C=O) groups excluding carboxylic acids is 1. The molecule has 0 bridgehead atoms. The first-order valence-corrected chi connectivity index (χ1v) is 8.75. The lowest BCUT2D eigenvalue weighted by Crippen LogP contribution is -2.29. The van der Waals surface area contributed by atoms with E-state index in [4.69, 9.17) is 0 Å². The Morgan fingerprint density at radius 2 is 1.79 bits per heavy atom. The molecule has 0 aliphatic rings. The molecule has 2 heterocycles. The van der Waals surface area contributed by atoms with Gasteiger partial charge in [0.05, 0.1) is 17.4 Å². The first-order chi connectivity index (χ1) is 11.6. The van der Waals surface area contributed by atoms with E-state index in [-0.39, 0.29) is 11.9 Å². The number of rotatable bonds is 5. The maximum absolute atomic E-state index is 12.6. The van der Waals surface area contributed by atoms with Gasteiger partial charge in [-0.3, -0.25) is 9.78 Å². The fraction of sp³-hybridized carbons (Fsp3) is 0.211. The van der Waals surface area contributed by atoms with Gasteiger partial charge in [-0.05, 0) is 23.6 Å². The van der Waals surface area contributed by atoms with Crippen molar-refractivity contribution in [3.63, 3.8) is 0 Å². The van der Waals surface area contributed by atoms with Crippen LogP contribution < -0.4 is 5.32 Å². The van der Waals surface area contributed by atoms with Gasteiger partial charge in [0.2, 0.25) is 0 Å². The van der Waals surface area contributed by atoms with Crippen LogP contribution in [-0.2, 0) is 0 Å². The third-order valence-corrected chi connectivity index (χ3v) is 4.56. The number of carbonyl (C=O) groups is 1. The molecule has 0 saturated carbocycles. The summed E-state index contributed by atoms with van der Waals surface area (Å²) in [6.45, 7) is 4.13. The molecule has 0 spiro atoms. The van der Waals surface area contributed by atoms with Crippen molar-refractivity contribution in [3.8, 4) is 0 Å². The SMILES string of the molecule is CC(C)c1csc(C(=O)N[C@H](c2ccccc2)c2ccccn2)n1. The molecule has 4 nitrogen and oxygen atoms in total. The summed E-state index contributed by atoms with van der Waals surface area (Å²) in [5.74, 6) is 0.134. The minimum atomic E-state index is -0.300. The highest BCUT2D eigenvalue weighted by Crippen LogP contribution is 2.22. The van der Waals surface area contributed by atoms with E-state index in [1.807, 2.05) is 53.9 Å². The fourth-order valence-electron chi connectivity index (χ4n) is 2.37. The maximum Gasteiger partial charge on any atom is 0.281 e. The molecule has 1 atom stereocenters. The van der Waals surface area contributed by atoms with Crippen LogP contribution in [0, 0.1) is 0 Å². The third-order valence-electron chi connectivity index (χ3n) is 3.70. The molecule has 3 rings (SSSR count). The Hall–Kier alpha value is -2.53. The molecule has 1 amide bonds. The minimum absolute atomic E-state index is 0.175. The summed E-state index contributed by atoms with van der Waals surface area (Å²) in [6.07, 6.45) is 1.73. The number of hydrogen-bond donors (Lipinski definition) is 1. The highest BCUT2D eigenvalue weighted by Gasteiger charge is 2.21. The first kappa shape index (κ1) is 16.3. The summed E-state index contributed by atoms with van der Waals surface area (Å²) < 4.78 is 0. The van der Waals surface area contributed by atoms with Crippen molar-refractivity contribution in [1.29, 1.82) is 0 Å². The number of hydrogen-bond acceptors (Lipinski definition) is 4. The highest BCUT2D eigenvalue weighted by molar-refractivity contribution is 7.11. The number of benzene rings is 1. The Bertz CT molecular complexity index is 760. The average Bonchev–Trinajstić information content (AvgIpc) is 3.11. The molecular weight excluding hydrogens is 318 g/mol. The monoisotopic (exact) mass is 337 g/mol. The predicted octanol–water partition coefficient (Wildman–Crippen LogP) is 4.18. The molecule has 0 radical (unpaired) electrons. The van der Waals surface area contributed by atoms with Crippen LogP contribution in [0.15, 0.2) is 60.1 Å². The van der Waals surface area contributed by atoms with Gasteiger partial charge in [-0.25, -0.2) is 4.98 Å². The molecule has 3 aromatic rings. The third kappa shape index (κ3) is 3.68. The second-order valence-electron chi connectivity index (χ2n) is 5.80. The van der Waals surface area contributed by atoms with E-state index in [0.29, 0.717) is 10.9 Å². The van der Waals surface area contributed by atoms with E-state index in [1.165, 1.54) is 11.3 Å². The van der Waals surface area contributed by atoms with Crippen molar-refractivity contribution in [2.24, 2.45) is 0 Å². The van der Waals surface area contributed by atoms with Crippen molar-refractivity contribution >= 4 is 17.2 Å². The van der Waals surface area contributed by atoms with Gasteiger partial charge in [-0.2, -0.15) is 0 Å². The molecule has 0 saturated heterocycles. The Labute approximate surface area is 145 Å². The average molecular weight is 337 g/mol. The molecule has 24 heavy (non-hydrogen) atoms. The van der Waals surface area contributed by atoms with Crippen LogP contribution in [0.3, 0.4) is 0 Å². The van der Waals surface area contributed by atoms with E-state index < -0.39 is 0 Å². The minimum Gasteiger partial charge on any atom is -0.337 e. The van der Waals surface area contributed by atoms with E-state index in [2.05, 4.69) is 29.1 Å². The van der Waals surface area contributed by atoms with Gasteiger partial charge in [0.25, 0.3) is 5.91 Å². The summed E-state index contributed by atoms with van der Waals surface area (Å²) in [5.41, 5.74) is 2.74. The molecule has 5 heteroatoms. The molecule has 1 aromatic carbocycles. The quantitative estimate of drug-likeness (QED) is 0.760. The van der Waals surface area contributed by atoms with Gasteiger partial charge in [-0.15, -0.1) is 11.3 Å². The number of nitrogens with zero attached hydrogens (tertiary/aromatic N) is 2. The Balaban J connectivity index is 1.88. The topological polar surface area (TPSA) is 54.9 Å². The number of thiazole rings is 1. The Kier molecular flexibility index (Phi) is 5.01. The predicted molar refractivity (Wildman–Crippen MR) is 96.2 cm³/mol. The van der Waals surface area contributed by atoms with Gasteiger partial charge in [0, 0.05) is 11.6 Å². The van der Waals surface area contributed by atoms with Gasteiger partial charge < -0.3 is 5.32 Å². The summed E-state index contributed by atoms with van der Waals surface area (Å²) in [7, 11) is 0. The van der Waals surface area contributed by atoms with Gasteiger partial charge in [0.1, 0.15) is 0 Å². The number of amides is 1.